The molecule has 0 aromatic heterocycles. The smallest absolute Gasteiger partial charge is 0.197 e. The summed E-state index contributed by atoms with van der Waals surface area (Å²) in [7, 11) is -2.86. The highest BCUT2D eigenvalue weighted by molar-refractivity contribution is 7.57. The Bertz CT molecular complexity index is 364. The van der Waals surface area contributed by atoms with E-state index in [0.29, 0.717) is 24.2 Å². The van der Waals surface area contributed by atoms with E-state index in [9.17, 15) is 4.57 Å². The zero-order chi connectivity index (χ0) is 11.3. The molecule has 0 aliphatic heterocycles. The molecule has 0 bridgehead atoms. The predicted octanol–water partition coefficient (Wildman–Crippen LogP) is 3.04. The maximum Gasteiger partial charge on any atom is 0.197 e. The quantitative estimate of drug-likeness (QED) is 0.621. The van der Waals surface area contributed by atoms with Gasteiger partial charge in [0, 0.05) is 30.1 Å². The molecular formula is C10H15ClNO2P. The third-order valence-electron chi connectivity index (χ3n) is 1.90. The first-order valence-electron chi connectivity index (χ1n) is 4.76. The first kappa shape index (κ1) is 12.6. The maximum absolute atomic E-state index is 11.0. The van der Waals surface area contributed by atoms with Crippen LogP contribution in [0.1, 0.15) is 6.42 Å². The fourth-order valence-corrected chi connectivity index (χ4v) is 2.14. The number of halogens is 1. The van der Waals surface area contributed by atoms with Gasteiger partial charge in [0.05, 0.1) is 0 Å². The van der Waals surface area contributed by atoms with Crippen molar-refractivity contribution in [2.45, 2.75) is 6.42 Å². The molecule has 1 atom stereocenters. The zero-order valence-corrected chi connectivity index (χ0v) is 10.3. The second-order valence-electron chi connectivity index (χ2n) is 3.57. The Labute approximate surface area is 94.9 Å². The Morgan fingerprint density at radius 1 is 1.53 bits per heavy atom. The van der Waals surface area contributed by atoms with Gasteiger partial charge < -0.3 is 10.2 Å². The molecule has 3 nitrogen and oxygen atoms in total. The van der Waals surface area contributed by atoms with Crippen LogP contribution in [0.3, 0.4) is 0 Å². The lowest BCUT2D eigenvalue weighted by Crippen LogP contribution is -2.03. The monoisotopic (exact) mass is 247 g/mol. The molecule has 1 aromatic carbocycles. The Hall–Kier alpha value is -0.500. The summed E-state index contributed by atoms with van der Waals surface area (Å²) in [6, 6.07) is 7.41. The van der Waals surface area contributed by atoms with E-state index in [1.807, 2.05) is 18.2 Å². The molecule has 0 spiro atoms. The standard InChI is InChI=1S/C10H15ClNO2P/c1-15(13,14)7-3-6-12-10-5-2-4-9(11)8-10/h2,4-5,8,12H,3,6-7H2,1H3,(H,13,14). The van der Waals surface area contributed by atoms with Gasteiger partial charge in [-0.25, -0.2) is 0 Å². The van der Waals surface area contributed by atoms with Crippen LogP contribution >= 0.6 is 19.0 Å². The highest BCUT2D eigenvalue weighted by Gasteiger charge is 2.07. The summed E-state index contributed by atoms with van der Waals surface area (Å²) < 4.78 is 11.0. The predicted molar refractivity (Wildman–Crippen MR) is 65.2 cm³/mol. The highest BCUT2D eigenvalue weighted by atomic mass is 35.5. The van der Waals surface area contributed by atoms with E-state index in [4.69, 9.17) is 16.5 Å². The fraction of sp³-hybridized carbons (Fsp3) is 0.400. The van der Waals surface area contributed by atoms with Crippen LogP contribution in [-0.2, 0) is 4.57 Å². The molecule has 0 saturated carbocycles. The van der Waals surface area contributed by atoms with Crippen molar-refractivity contribution in [3.63, 3.8) is 0 Å². The zero-order valence-electron chi connectivity index (χ0n) is 8.61. The summed E-state index contributed by atoms with van der Waals surface area (Å²) in [5, 5.41) is 3.83. The molecule has 0 heterocycles. The molecule has 1 unspecified atom stereocenters. The summed E-state index contributed by atoms with van der Waals surface area (Å²) in [6.07, 6.45) is 1.03. The molecule has 0 saturated heterocycles. The van der Waals surface area contributed by atoms with Gasteiger partial charge in [-0.1, -0.05) is 17.7 Å². The summed E-state index contributed by atoms with van der Waals surface area (Å²) in [5.74, 6) is 0. The van der Waals surface area contributed by atoms with Crippen molar-refractivity contribution in [2.75, 3.05) is 24.7 Å². The van der Waals surface area contributed by atoms with Crippen LogP contribution in [0.2, 0.25) is 5.02 Å². The van der Waals surface area contributed by atoms with Crippen LogP contribution in [0.5, 0.6) is 0 Å². The number of anilines is 1. The van der Waals surface area contributed by atoms with Gasteiger partial charge in [0.25, 0.3) is 0 Å². The Kier molecular flexibility index (Phi) is 4.65. The van der Waals surface area contributed by atoms with Crippen LogP contribution in [0.15, 0.2) is 24.3 Å². The van der Waals surface area contributed by atoms with E-state index in [1.165, 1.54) is 6.66 Å². The topological polar surface area (TPSA) is 49.3 Å². The van der Waals surface area contributed by atoms with Gasteiger partial charge in [0.2, 0.25) is 0 Å². The second kappa shape index (κ2) is 5.55. The second-order valence-corrected chi connectivity index (χ2v) is 6.55. The largest absolute Gasteiger partial charge is 0.385 e. The van der Waals surface area contributed by atoms with Crippen LogP contribution in [0.25, 0.3) is 0 Å². The van der Waals surface area contributed by atoms with E-state index < -0.39 is 7.37 Å². The van der Waals surface area contributed by atoms with E-state index in [2.05, 4.69) is 5.32 Å². The molecule has 0 aliphatic rings. The number of nitrogens with one attached hydrogen (secondary N) is 1. The van der Waals surface area contributed by atoms with Crippen LogP contribution < -0.4 is 5.32 Å². The molecule has 0 fully saturated rings. The van der Waals surface area contributed by atoms with E-state index in [-0.39, 0.29) is 0 Å². The molecule has 5 heteroatoms. The van der Waals surface area contributed by atoms with Crippen LogP contribution in [0, 0.1) is 0 Å². The Balaban J connectivity index is 2.29. The fourth-order valence-electron chi connectivity index (χ4n) is 1.20. The molecule has 2 N–H and O–H groups in total. The van der Waals surface area contributed by atoms with Gasteiger partial charge in [-0.15, -0.1) is 0 Å². The Morgan fingerprint density at radius 3 is 2.87 bits per heavy atom. The van der Waals surface area contributed by atoms with Gasteiger partial charge in [0.1, 0.15) is 0 Å². The number of rotatable bonds is 5. The molecule has 15 heavy (non-hydrogen) atoms. The minimum absolute atomic E-state index is 0.348. The van der Waals surface area contributed by atoms with Gasteiger partial charge in [0.15, 0.2) is 7.37 Å². The third-order valence-corrected chi connectivity index (χ3v) is 3.28. The van der Waals surface area contributed by atoms with Crippen molar-refractivity contribution in [3.05, 3.63) is 29.3 Å². The van der Waals surface area contributed by atoms with Crippen molar-refractivity contribution < 1.29 is 9.46 Å². The Morgan fingerprint density at radius 2 is 2.27 bits per heavy atom. The minimum atomic E-state index is -2.86. The normalized spacial score (nSPS) is 14.6. The molecule has 0 aliphatic carbocycles. The molecule has 0 radical (unpaired) electrons. The molecule has 1 rings (SSSR count). The lowest BCUT2D eigenvalue weighted by Gasteiger charge is -2.07. The van der Waals surface area contributed by atoms with Crippen molar-refractivity contribution in [3.8, 4) is 0 Å². The first-order valence-corrected chi connectivity index (χ1v) is 7.43. The number of hydrogen-bond donors (Lipinski definition) is 2. The summed E-state index contributed by atoms with van der Waals surface area (Å²) >= 11 is 5.81. The van der Waals surface area contributed by atoms with Gasteiger partial charge in [-0.3, -0.25) is 4.57 Å². The maximum atomic E-state index is 11.0. The molecule has 0 amide bonds. The van der Waals surface area contributed by atoms with Crippen molar-refractivity contribution in [1.82, 2.24) is 0 Å². The summed E-state index contributed by atoms with van der Waals surface area (Å²) in [5.41, 5.74) is 0.936. The van der Waals surface area contributed by atoms with Crippen LogP contribution in [-0.4, -0.2) is 24.3 Å². The van der Waals surface area contributed by atoms with Gasteiger partial charge in [-0.05, 0) is 24.6 Å². The lowest BCUT2D eigenvalue weighted by atomic mass is 10.3. The highest BCUT2D eigenvalue weighted by Crippen LogP contribution is 2.35. The van der Waals surface area contributed by atoms with Gasteiger partial charge in [-0.2, -0.15) is 0 Å². The van der Waals surface area contributed by atoms with E-state index >= 15 is 0 Å². The van der Waals surface area contributed by atoms with Crippen LogP contribution in [0.4, 0.5) is 5.69 Å². The lowest BCUT2D eigenvalue weighted by molar-refractivity contribution is 0.483. The van der Waals surface area contributed by atoms with E-state index in [0.717, 1.165) is 5.69 Å². The average Bonchev–Trinajstić information content (AvgIpc) is 2.11. The minimum Gasteiger partial charge on any atom is -0.385 e. The van der Waals surface area contributed by atoms with Crippen molar-refractivity contribution >= 4 is 24.7 Å². The van der Waals surface area contributed by atoms with Crippen molar-refractivity contribution in [2.24, 2.45) is 0 Å². The SMILES string of the molecule is CP(=O)(O)CCCNc1cccc(Cl)c1. The first-order chi connectivity index (χ1) is 6.97. The molecular weight excluding hydrogens is 233 g/mol. The molecule has 84 valence electrons. The number of hydrogen-bond acceptors (Lipinski definition) is 2. The van der Waals surface area contributed by atoms with E-state index in [1.54, 1.807) is 6.07 Å². The van der Waals surface area contributed by atoms with Crippen molar-refractivity contribution in [1.29, 1.82) is 0 Å². The average molecular weight is 248 g/mol. The number of benzene rings is 1. The van der Waals surface area contributed by atoms with Gasteiger partial charge >= 0.3 is 0 Å². The third kappa shape index (κ3) is 5.83. The summed E-state index contributed by atoms with van der Waals surface area (Å²) in [4.78, 5) is 9.07. The summed E-state index contributed by atoms with van der Waals surface area (Å²) in [6.45, 7) is 2.06. The molecule has 1 aromatic rings.